The van der Waals surface area contributed by atoms with Crippen molar-refractivity contribution < 1.29 is 4.79 Å². The summed E-state index contributed by atoms with van der Waals surface area (Å²) in [5.74, 6) is 0.301. The van der Waals surface area contributed by atoms with Crippen molar-refractivity contribution in [2.24, 2.45) is 5.92 Å². The van der Waals surface area contributed by atoms with E-state index in [4.69, 9.17) is 0 Å². The molecular weight excluding hydrogens is 298 g/mol. The van der Waals surface area contributed by atoms with E-state index >= 15 is 0 Å². The van der Waals surface area contributed by atoms with Crippen molar-refractivity contribution in [1.82, 2.24) is 20.1 Å². The average Bonchev–Trinajstić information content (AvgIpc) is 3.18. The predicted octanol–water partition coefficient (Wildman–Crippen LogP) is 2.07. The van der Waals surface area contributed by atoms with Gasteiger partial charge in [0.15, 0.2) is 0 Å². The maximum atomic E-state index is 12.1. The van der Waals surface area contributed by atoms with E-state index in [1.807, 2.05) is 42.9 Å². The SMILES string of the molecule is CC(C)NC(=O)C1CCN(c2nnc(-n3cccc3)s2)CC1. The van der Waals surface area contributed by atoms with E-state index in [2.05, 4.69) is 20.4 Å². The maximum absolute atomic E-state index is 12.1. The van der Waals surface area contributed by atoms with Crippen molar-refractivity contribution in [2.75, 3.05) is 18.0 Å². The Morgan fingerprint density at radius 3 is 2.50 bits per heavy atom. The van der Waals surface area contributed by atoms with Crippen LogP contribution >= 0.6 is 11.3 Å². The van der Waals surface area contributed by atoms with Gasteiger partial charge in [-0.1, -0.05) is 11.3 Å². The normalized spacial score (nSPS) is 16.2. The highest BCUT2D eigenvalue weighted by molar-refractivity contribution is 7.17. The van der Waals surface area contributed by atoms with Crippen molar-refractivity contribution in [3.05, 3.63) is 24.5 Å². The van der Waals surface area contributed by atoms with E-state index in [0.29, 0.717) is 0 Å². The Hall–Kier alpha value is -1.89. The Kier molecular flexibility index (Phi) is 4.42. The molecule has 1 aliphatic heterocycles. The summed E-state index contributed by atoms with van der Waals surface area (Å²) < 4.78 is 1.96. The number of anilines is 1. The van der Waals surface area contributed by atoms with Crippen LogP contribution in [0.2, 0.25) is 0 Å². The lowest BCUT2D eigenvalue weighted by Gasteiger charge is -2.31. The summed E-state index contributed by atoms with van der Waals surface area (Å²) in [5, 5.41) is 13.3. The van der Waals surface area contributed by atoms with Crippen LogP contribution in [0.25, 0.3) is 5.13 Å². The molecule has 0 aromatic carbocycles. The highest BCUT2D eigenvalue weighted by atomic mass is 32.1. The van der Waals surface area contributed by atoms with Crippen LogP contribution in [0.3, 0.4) is 0 Å². The van der Waals surface area contributed by atoms with Gasteiger partial charge in [0.25, 0.3) is 0 Å². The van der Waals surface area contributed by atoms with Gasteiger partial charge in [0.2, 0.25) is 16.2 Å². The van der Waals surface area contributed by atoms with Gasteiger partial charge in [-0.25, -0.2) is 0 Å². The summed E-state index contributed by atoms with van der Waals surface area (Å²) in [6.45, 7) is 5.71. The molecule has 0 radical (unpaired) electrons. The first-order valence-corrected chi connectivity index (χ1v) is 8.47. The van der Waals surface area contributed by atoms with E-state index in [1.54, 1.807) is 11.3 Å². The van der Waals surface area contributed by atoms with Crippen molar-refractivity contribution >= 4 is 22.4 Å². The Bertz CT molecular complexity index is 614. The lowest BCUT2D eigenvalue weighted by atomic mass is 9.96. The molecule has 2 aromatic heterocycles. The molecule has 0 saturated carbocycles. The van der Waals surface area contributed by atoms with Crippen molar-refractivity contribution in [3.8, 4) is 5.13 Å². The van der Waals surface area contributed by atoms with Crippen molar-refractivity contribution in [3.63, 3.8) is 0 Å². The van der Waals surface area contributed by atoms with Gasteiger partial charge in [-0.05, 0) is 38.8 Å². The molecule has 0 spiro atoms. The Balaban J connectivity index is 1.59. The smallest absolute Gasteiger partial charge is 0.223 e. The van der Waals surface area contributed by atoms with Gasteiger partial charge in [-0.2, -0.15) is 0 Å². The molecule has 6 nitrogen and oxygen atoms in total. The molecule has 0 aliphatic carbocycles. The van der Waals surface area contributed by atoms with Crippen LogP contribution in [0.5, 0.6) is 0 Å². The third-order valence-electron chi connectivity index (χ3n) is 3.80. The third-order valence-corrected chi connectivity index (χ3v) is 4.79. The number of nitrogens with one attached hydrogen (secondary N) is 1. The maximum Gasteiger partial charge on any atom is 0.223 e. The summed E-state index contributed by atoms with van der Waals surface area (Å²) in [4.78, 5) is 14.3. The first-order chi connectivity index (χ1) is 10.6. The number of nitrogens with zero attached hydrogens (tertiary/aromatic N) is 4. The summed E-state index contributed by atoms with van der Waals surface area (Å²) >= 11 is 1.58. The second-order valence-corrected chi connectivity index (χ2v) is 6.82. The second kappa shape index (κ2) is 6.48. The van der Waals surface area contributed by atoms with Gasteiger partial charge in [0.1, 0.15) is 0 Å². The quantitative estimate of drug-likeness (QED) is 0.937. The van der Waals surface area contributed by atoms with Crippen LogP contribution in [-0.4, -0.2) is 39.8 Å². The fourth-order valence-corrected chi connectivity index (χ4v) is 3.50. The molecule has 2 aromatic rings. The summed E-state index contributed by atoms with van der Waals surface area (Å²) in [7, 11) is 0. The van der Waals surface area contributed by atoms with Gasteiger partial charge >= 0.3 is 0 Å². The standard InChI is InChI=1S/C15H21N5OS/c1-11(2)16-13(21)12-5-9-20(10-6-12)15-18-17-14(22-15)19-7-3-4-8-19/h3-4,7-8,11-12H,5-6,9-10H2,1-2H3,(H,16,21). The van der Waals surface area contributed by atoms with E-state index in [1.165, 1.54) is 0 Å². The van der Waals surface area contributed by atoms with Crippen LogP contribution in [0.1, 0.15) is 26.7 Å². The summed E-state index contributed by atoms with van der Waals surface area (Å²) in [5.41, 5.74) is 0. The number of amides is 1. The van der Waals surface area contributed by atoms with Crippen LogP contribution in [0.4, 0.5) is 5.13 Å². The molecule has 1 aliphatic rings. The lowest BCUT2D eigenvalue weighted by molar-refractivity contribution is -0.126. The Morgan fingerprint density at radius 1 is 1.23 bits per heavy atom. The van der Waals surface area contributed by atoms with Crippen LogP contribution < -0.4 is 10.2 Å². The largest absolute Gasteiger partial charge is 0.354 e. The highest BCUT2D eigenvalue weighted by Crippen LogP contribution is 2.27. The summed E-state index contributed by atoms with van der Waals surface area (Å²) in [6, 6.07) is 4.15. The molecular formula is C15H21N5OS. The Morgan fingerprint density at radius 2 is 1.86 bits per heavy atom. The van der Waals surface area contributed by atoms with Gasteiger partial charge < -0.3 is 10.2 Å². The molecule has 1 fully saturated rings. The number of piperidine rings is 1. The third kappa shape index (κ3) is 3.30. The first-order valence-electron chi connectivity index (χ1n) is 7.65. The lowest BCUT2D eigenvalue weighted by Crippen LogP contribution is -2.42. The zero-order chi connectivity index (χ0) is 15.5. The van der Waals surface area contributed by atoms with E-state index in [9.17, 15) is 4.79 Å². The highest BCUT2D eigenvalue weighted by Gasteiger charge is 2.26. The van der Waals surface area contributed by atoms with Crippen molar-refractivity contribution in [2.45, 2.75) is 32.7 Å². The van der Waals surface area contributed by atoms with Gasteiger partial charge in [-0.3, -0.25) is 9.36 Å². The number of hydrogen-bond donors (Lipinski definition) is 1. The molecule has 1 saturated heterocycles. The first kappa shape index (κ1) is 15.0. The number of hydrogen-bond acceptors (Lipinski definition) is 5. The Labute approximate surface area is 134 Å². The molecule has 0 unspecified atom stereocenters. The zero-order valence-corrected chi connectivity index (χ0v) is 13.7. The minimum Gasteiger partial charge on any atom is -0.354 e. The molecule has 22 heavy (non-hydrogen) atoms. The molecule has 1 N–H and O–H groups in total. The molecule has 7 heteroatoms. The predicted molar refractivity (Wildman–Crippen MR) is 87.5 cm³/mol. The minimum absolute atomic E-state index is 0.121. The van der Waals surface area contributed by atoms with Crippen LogP contribution in [0, 0.1) is 5.92 Å². The number of carbonyl (C=O) groups is 1. The van der Waals surface area contributed by atoms with Gasteiger partial charge in [-0.15, -0.1) is 10.2 Å². The fraction of sp³-hybridized carbons (Fsp3) is 0.533. The molecule has 3 rings (SSSR count). The average molecular weight is 319 g/mol. The van der Waals surface area contributed by atoms with Crippen LogP contribution in [-0.2, 0) is 4.79 Å². The van der Waals surface area contributed by atoms with Gasteiger partial charge in [0, 0.05) is 37.4 Å². The van der Waals surface area contributed by atoms with Crippen molar-refractivity contribution in [1.29, 1.82) is 0 Å². The summed E-state index contributed by atoms with van der Waals surface area (Å²) in [6.07, 6.45) is 5.67. The molecule has 0 bridgehead atoms. The zero-order valence-electron chi connectivity index (χ0n) is 12.9. The monoisotopic (exact) mass is 319 g/mol. The van der Waals surface area contributed by atoms with Crippen LogP contribution in [0.15, 0.2) is 24.5 Å². The van der Waals surface area contributed by atoms with E-state index < -0.39 is 0 Å². The minimum atomic E-state index is 0.121. The number of rotatable bonds is 4. The fourth-order valence-electron chi connectivity index (χ4n) is 2.64. The van der Waals surface area contributed by atoms with E-state index in [-0.39, 0.29) is 17.9 Å². The topological polar surface area (TPSA) is 63.1 Å². The molecule has 118 valence electrons. The molecule has 0 atom stereocenters. The number of carbonyl (C=O) groups excluding carboxylic acids is 1. The number of aromatic nitrogens is 3. The second-order valence-electron chi connectivity index (χ2n) is 5.88. The van der Waals surface area contributed by atoms with E-state index in [0.717, 1.165) is 36.2 Å². The molecule has 3 heterocycles. The molecule has 1 amide bonds. The van der Waals surface area contributed by atoms with Gasteiger partial charge in [0.05, 0.1) is 0 Å².